The number of unbranched alkanes of at least 4 members (excludes halogenated alkanes) is 8. The van der Waals surface area contributed by atoms with Gasteiger partial charge in [0.15, 0.2) is 0 Å². The van der Waals surface area contributed by atoms with E-state index in [9.17, 15) is 14.4 Å². The Morgan fingerprint density at radius 3 is 1.70 bits per heavy atom. The van der Waals surface area contributed by atoms with Gasteiger partial charge in [-0.2, -0.15) is 0 Å². The van der Waals surface area contributed by atoms with E-state index in [4.69, 9.17) is 5.11 Å². The number of carbonyl (C=O) groups is 3. The molecule has 3 fully saturated rings. The number of ketones is 2. The van der Waals surface area contributed by atoms with Crippen LogP contribution in [0.15, 0.2) is 23.2 Å². The summed E-state index contributed by atoms with van der Waals surface area (Å²) >= 11 is 1.35. The fourth-order valence-electron chi connectivity index (χ4n) is 3.86. The quantitative estimate of drug-likeness (QED) is 0.159. The number of carboxylic acids is 1. The molecule has 0 aromatic carbocycles. The van der Waals surface area contributed by atoms with E-state index < -0.39 is 5.97 Å². The molecule has 3 aliphatic heterocycles. The second-order valence-electron chi connectivity index (χ2n) is 8.85. The first-order valence-electron chi connectivity index (χ1n) is 12.6. The number of carbonyl (C=O) groups excluding carboxylic acids is 2. The van der Waals surface area contributed by atoms with Crippen molar-refractivity contribution in [2.75, 3.05) is 39.3 Å². The van der Waals surface area contributed by atoms with Gasteiger partial charge < -0.3 is 19.8 Å². The predicted octanol–water partition coefficient (Wildman–Crippen LogP) is 3.11. The molecular weight excluding hydrogens is 525 g/mol. The first-order valence-corrected chi connectivity index (χ1v) is 15.9. The first-order chi connectivity index (χ1) is 16.0. The van der Waals surface area contributed by atoms with Crippen LogP contribution >= 0.6 is 0 Å². The number of hydrogen-bond acceptors (Lipinski definition) is 6. The molecule has 3 saturated heterocycles. The number of hydrogen-bond donors (Lipinski definition) is 1. The minimum absolute atomic E-state index is 0.00546. The third-order valence-electron chi connectivity index (χ3n) is 5.98. The molecule has 0 bridgehead atoms. The Labute approximate surface area is 212 Å². The topological polar surface area (TPSA) is 80.5 Å². The molecule has 3 heterocycles. The van der Waals surface area contributed by atoms with Crippen molar-refractivity contribution in [3.05, 3.63) is 23.2 Å². The van der Waals surface area contributed by atoms with E-state index in [2.05, 4.69) is 11.9 Å². The second kappa shape index (κ2) is 14.7. The van der Waals surface area contributed by atoms with E-state index in [0.717, 1.165) is 52.1 Å². The van der Waals surface area contributed by atoms with Crippen LogP contribution in [0.3, 0.4) is 0 Å². The average Bonchev–Trinajstić information content (AvgIpc) is 3.66. The molecule has 0 saturated carbocycles. The molecule has 1 N–H and O–H groups in total. The molecule has 8 heteroatoms. The predicted molar refractivity (Wildman–Crippen MR) is 132 cm³/mol. The maximum atomic E-state index is 12.4. The molecular formula is C25H41N3O4Sn. The van der Waals surface area contributed by atoms with Crippen LogP contribution in [0.2, 0.25) is 4.94 Å². The number of carboxylic acid groups (broad SMARTS) is 1. The normalized spacial score (nSPS) is 18.3. The second-order valence-corrected chi connectivity index (χ2v) is 8.85. The molecule has 0 unspecified atom stereocenters. The number of Topliss-reactive ketones (excluding diaryl/α,β-unsaturated/α-hetero) is 1. The van der Waals surface area contributed by atoms with Crippen LogP contribution < -0.4 is 0 Å². The van der Waals surface area contributed by atoms with Crippen molar-refractivity contribution in [3.8, 4) is 0 Å². The van der Waals surface area contributed by atoms with Gasteiger partial charge in [-0.3, -0.25) is 14.4 Å². The first kappa shape index (κ1) is 27.7. The molecule has 1 aliphatic carbocycles. The Bertz CT molecular complexity index is 738. The van der Waals surface area contributed by atoms with Gasteiger partial charge in [0.1, 0.15) is 11.4 Å². The van der Waals surface area contributed by atoms with Crippen molar-refractivity contribution < 1.29 is 19.5 Å². The molecule has 0 spiro atoms. The summed E-state index contributed by atoms with van der Waals surface area (Å²) in [6.45, 7) is 7.63. The third-order valence-corrected chi connectivity index (χ3v) is 5.98. The van der Waals surface area contributed by atoms with Crippen molar-refractivity contribution in [2.45, 2.75) is 76.1 Å². The maximum absolute atomic E-state index is 12.4. The van der Waals surface area contributed by atoms with Crippen molar-refractivity contribution in [1.82, 2.24) is 14.7 Å². The fraction of sp³-hybridized carbons (Fsp3) is 0.720. The molecule has 7 nitrogen and oxygen atoms in total. The van der Waals surface area contributed by atoms with Crippen molar-refractivity contribution in [3.63, 3.8) is 0 Å². The van der Waals surface area contributed by atoms with Crippen LogP contribution in [-0.4, -0.2) is 99.1 Å². The summed E-state index contributed by atoms with van der Waals surface area (Å²) in [5, 5.41) is 8.41. The van der Waals surface area contributed by atoms with Crippen molar-refractivity contribution >= 4 is 40.1 Å². The van der Waals surface area contributed by atoms with E-state index >= 15 is 0 Å². The Balaban J connectivity index is 0.000000223. The van der Waals surface area contributed by atoms with Crippen molar-refractivity contribution in [2.24, 2.45) is 0 Å². The van der Waals surface area contributed by atoms with Crippen LogP contribution in [0.4, 0.5) is 0 Å². The number of allylic oxidation sites excluding steroid dienone is 1. The van der Waals surface area contributed by atoms with Gasteiger partial charge in [0.2, 0.25) is 11.6 Å². The van der Waals surface area contributed by atoms with Crippen LogP contribution in [0.25, 0.3) is 0 Å². The Morgan fingerprint density at radius 2 is 1.24 bits per heavy atom. The minimum atomic E-state index is -0.659. The SMILES string of the molecule is CCCCCCCCCCCC(=O)O.O=C1C=C(N2CC2)C(=O)C(N2CC2)=C1N1CC1.[CH3][SnH]. The summed E-state index contributed by atoms with van der Waals surface area (Å²) in [6.07, 6.45) is 13.0. The molecule has 184 valence electrons. The Hall–Kier alpha value is -1.51. The van der Waals surface area contributed by atoms with Crippen molar-refractivity contribution in [1.29, 1.82) is 0 Å². The molecule has 0 aromatic rings. The van der Waals surface area contributed by atoms with Gasteiger partial charge in [0, 0.05) is 51.8 Å². The zero-order chi connectivity index (χ0) is 24.2. The van der Waals surface area contributed by atoms with Gasteiger partial charge >= 0.3 is 33.4 Å². The van der Waals surface area contributed by atoms with Crippen LogP contribution in [-0.2, 0) is 14.4 Å². The van der Waals surface area contributed by atoms with E-state index in [1.165, 1.54) is 73.5 Å². The monoisotopic (exact) mass is 567 g/mol. The molecule has 0 aromatic heterocycles. The van der Waals surface area contributed by atoms with Crippen LogP contribution in [0.1, 0.15) is 71.1 Å². The summed E-state index contributed by atoms with van der Waals surface area (Å²) in [5.74, 6) is -0.611. The zero-order valence-corrected chi connectivity index (χ0v) is 23.8. The molecule has 33 heavy (non-hydrogen) atoms. The van der Waals surface area contributed by atoms with Gasteiger partial charge in [0.05, 0.1) is 5.70 Å². The Kier molecular flexibility index (Phi) is 12.3. The van der Waals surface area contributed by atoms with E-state index in [1.807, 2.05) is 14.7 Å². The van der Waals surface area contributed by atoms with E-state index in [1.54, 1.807) is 0 Å². The molecule has 4 aliphatic rings. The molecule has 2 radical (unpaired) electrons. The number of nitrogens with zero attached hydrogens (tertiary/aromatic N) is 3. The number of aliphatic carboxylic acids is 1. The van der Waals surface area contributed by atoms with E-state index in [-0.39, 0.29) is 11.6 Å². The summed E-state index contributed by atoms with van der Waals surface area (Å²) in [4.78, 5) is 42.8. The molecule has 4 rings (SSSR count). The third kappa shape index (κ3) is 9.71. The summed E-state index contributed by atoms with van der Waals surface area (Å²) in [5.41, 5.74) is 1.89. The molecule has 0 atom stereocenters. The van der Waals surface area contributed by atoms with Crippen LogP contribution in [0, 0.1) is 0 Å². The van der Waals surface area contributed by atoms with Gasteiger partial charge in [-0.05, 0) is 6.42 Å². The van der Waals surface area contributed by atoms with Gasteiger partial charge in [-0.15, -0.1) is 0 Å². The van der Waals surface area contributed by atoms with Crippen LogP contribution in [0.5, 0.6) is 0 Å². The van der Waals surface area contributed by atoms with Gasteiger partial charge in [-0.1, -0.05) is 58.3 Å². The summed E-state index contributed by atoms with van der Waals surface area (Å²) in [7, 11) is 0. The standard InChI is InChI=1S/C12H13N3O2.C12H24O2.CH3.Sn.H/c16-9-7-8(13-1-2-13)12(17)11(15-5-6-15)10(9)14-3-4-14;1-2-3-4-5-6-7-8-9-10-11-12(13)14;;;/h7H,1-6H2;2-11H2,1H3,(H,13,14);1H3;;. The Morgan fingerprint density at radius 1 is 0.788 bits per heavy atom. The zero-order valence-electron chi connectivity index (χ0n) is 20.5. The fourth-order valence-corrected chi connectivity index (χ4v) is 3.86. The van der Waals surface area contributed by atoms with E-state index in [0.29, 0.717) is 23.5 Å². The van der Waals surface area contributed by atoms with Gasteiger partial charge in [-0.25, -0.2) is 0 Å². The number of rotatable bonds is 13. The van der Waals surface area contributed by atoms with Gasteiger partial charge in [0.25, 0.3) is 0 Å². The average molecular weight is 566 g/mol. The summed E-state index contributed by atoms with van der Waals surface area (Å²) in [6, 6.07) is 0. The molecule has 0 amide bonds. The summed E-state index contributed by atoms with van der Waals surface area (Å²) < 4.78 is 0.